The Balaban J connectivity index is 2.75. The zero-order chi connectivity index (χ0) is 13.2. The van der Waals surface area contributed by atoms with Crippen molar-refractivity contribution in [3.8, 4) is 0 Å². The smallest absolute Gasteiger partial charge is 0.308 e. The third-order valence-corrected chi connectivity index (χ3v) is 2.56. The van der Waals surface area contributed by atoms with E-state index in [0.717, 1.165) is 0 Å². The number of hydrogen-bond donors (Lipinski definition) is 4. The van der Waals surface area contributed by atoms with E-state index >= 15 is 0 Å². The Labute approximate surface area is 98.6 Å². The lowest BCUT2D eigenvalue weighted by atomic mass is 9.99. The third kappa shape index (κ3) is 3.14. The highest BCUT2D eigenvalue weighted by atomic mass is 16.7. The van der Waals surface area contributed by atoms with Gasteiger partial charge >= 0.3 is 5.97 Å². The molecule has 5 atom stereocenters. The Morgan fingerprint density at radius 2 is 1.88 bits per heavy atom. The standard InChI is InChI=1S/C10H18O7/c1-4(2)9(14)17-8-6(12)5(3-11)16-10(15)7(8)13/h4-8,10-13,15H,3H2,1-2H3/t5-,6-,7-,8+,10-/m1/s1. The zero-order valence-electron chi connectivity index (χ0n) is 9.68. The molecule has 4 N–H and O–H groups in total. The molecule has 0 aliphatic carbocycles. The molecule has 1 aliphatic rings. The molecule has 1 saturated heterocycles. The molecule has 0 spiro atoms. The van der Waals surface area contributed by atoms with Gasteiger partial charge in [0.05, 0.1) is 12.5 Å². The van der Waals surface area contributed by atoms with Crippen LogP contribution in [0.1, 0.15) is 13.8 Å². The van der Waals surface area contributed by atoms with Crippen LogP contribution in [-0.4, -0.2) is 63.7 Å². The van der Waals surface area contributed by atoms with Crippen molar-refractivity contribution in [2.75, 3.05) is 6.61 Å². The highest BCUT2D eigenvalue weighted by molar-refractivity contribution is 5.71. The second kappa shape index (κ2) is 5.74. The summed E-state index contributed by atoms with van der Waals surface area (Å²) in [5, 5.41) is 37.5. The van der Waals surface area contributed by atoms with Crippen LogP contribution in [0.5, 0.6) is 0 Å². The molecule has 0 radical (unpaired) electrons. The molecule has 7 nitrogen and oxygen atoms in total. The van der Waals surface area contributed by atoms with E-state index in [0.29, 0.717) is 0 Å². The number of carbonyl (C=O) groups is 1. The van der Waals surface area contributed by atoms with E-state index in [1.165, 1.54) is 0 Å². The van der Waals surface area contributed by atoms with Gasteiger partial charge in [-0.3, -0.25) is 4.79 Å². The van der Waals surface area contributed by atoms with Crippen molar-refractivity contribution < 1.29 is 34.7 Å². The minimum absolute atomic E-state index is 0.429. The van der Waals surface area contributed by atoms with Crippen LogP contribution >= 0.6 is 0 Å². The molecule has 1 rings (SSSR count). The molecule has 1 fully saturated rings. The summed E-state index contributed by atoms with van der Waals surface area (Å²) in [5.74, 6) is -1.04. The number of hydrogen-bond acceptors (Lipinski definition) is 7. The van der Waals surface area contributed by atoms with Crippen molar-refractivity contribution in [1.29, 1.82) is 0 Å². The van der Waals surface area contributed by atoms with Crippen LogP contribution in [0.4, 0.5) is 0 Å². The summed E-state index contributed by atoms with van der Waals surface area (Å²) < 4.78 is 9.64. The van der Waals surface area contributed by atoms with Gasteiger partial charge in [-0.25, -0.2) is 0 Å². The van der Waals surface area contributed by atoms with Gasteiger partial charge < -0.3 is 29.9 Å². The summed E-state index contributed by atoms with van der Waals surface area (Å²) in [7, 11) is 0. The highest BCUT2D eigenvalue weighted by Crippen LogP contribution is 2.23. The van der Waals surface area contributed by atoms with Gasteiger partial charge in [-0.05, 0) is 0 Å². The van der Waals surface area contributed by atoms with Crippen molar-refractivity contribution in [2.45, 2.75) is 44.6 Å². The molecule has 7 heteroatoms. The summed E-state index contributed by atoms with van der Waals surface area (Å²) >= 11 is 0. The van der Waals surface area contributed by atoms with Crippen LogP contribution in [0.3, 0.4) is 0 Å². The molecule has 0 aromatic rings. The van der Waals surface area contributed by atoms with Gasteiger partial charge in [0.2, 0.25) is 0 Å². The number of ether oxygens (including phenoxy) is 2. The molecule has 1 aliphatic heterocycles. The number of aliphatic hydroxyl groups is 4. The van der Waals surface area contributed by atoms with Gasteiger partial charge in [-0.15, -0.1) is 0 Å². The molecule has 0 aromatic carbocycles. The van der Waals surface area contributed by atoms with Crippen LogP contribution in [0.25, 0.3) is 0 Å². The molecule has 0 amide bonds. The first-order chi connectivity index (χ1) is 7.88. The Kier molecular flexibility index (Phi) is 4.84. The largest absolute Gasteiger partial charge is 0.456 e. The van der Waals surface area contributed by atoms with Gasteiger partial charge in [0.15, 0.2) is 12.4 Å². The molecule has 0 bridgehead atoms. The summed E-state index contributed by atoms with van der Waals surface area (Å²) in [5.41, 5.74) is 0. The van der Waals surface area contributed by atoms with Gasteiger partial charge in [0.25, 0.3) is 0 Å². The fraction of sp³-hybridized carbons (Fsp3) is 0.900. The van der Waals surface area contributed by atoms with Crippen molar-refractivity contribution in [1.82, 2.24) is 0 Å². The maximum atomic E-state index is 11.4. The Morgan fingerprint density at radius 1 is 1.29 bits per heavy atom. The van der Waals surface area contributed by atoms with Gasteiger partial charge in [0.1, 0.15) is 18.3 Å². The Morgan fingerprint density at radius 3 is 2.35 bits per heavy atom. The normalized spacial score (nSPS) is 38.2. The van der Waals surface area contributed by atoms with E-state index in [2.05, 4.69) is 0 Å². The van der Waals surface area contributed by atoms with Crippen LogP contribution in [-0.2, 0) is 14.3 Å². The summed E-state index contributed by atoms with van der Waals surface area (Å²) in [4.78, 5) is 11.4. The number of esters is 1. The minimum atomic E-state index is -1.61. The van der Waals surface area contributed by atoms with Gasteiger partial charge in [-0.1, -0.05) is 13.8 Å². The SMILES string of the molecule is CC(C)C(=O)O[C@@H]1[C@@H](O)[C@H](O)O[C@H](CO)[C@H]1O. The molecule has 17 heavy (non-hydrogen) atoms. The van der Waals surface area contributed by atoms with E-state index in [1.807, 2.05) is 0 Å². The van der Waals surface area contributed by atoms with Crippen molar-refractivity contribution in [3.63, 3.8) is 0 Å². The third-order valence-electron chi connectivity index (χ3n) is 2.56. The van der Waals surface area contributed by atoms with Crippen molar-refractivity contribution >= 4 is 5.97 Å². The van der Waals surface area contributed by atoms with E-state index in [4.69, 9.17) is 14.6 Å². The summed E-state index contributed by atoms with van der Waals surface area (Å²) in [6, 6.07) is 0. The quantitative estimate of drug-likeness (QED) is 0.427. The molecule has 100 valence electrons. The molecular weight excluding hydrogens is 232 g/mol. The molecule has 1 heterocycles. The Bertz CT molecular complexity index is 267. The van der Waals surface area contributed by atoms with Gasteiger partial charge in [-0.2, -0.15) is 0 Å². The topological polar surface area (TPSA) is 116 Å². The number of aliphatic hydroxyl groups excluding tert-OH is 4. The van der Waals surface area contributed by atoms with E-state index < -0.39 is 49.2 Å². The average molecular weight is 250 g/mol. The van der Waals surface area contributed by atoms with Gasteiger partial charge in [0, 0.05) is 0 Å². The Hall–Kier alpha value is -0.730. The predicted molar refractivity (Wildman–Crippen MR) is 54.7 cm³/mol. The second-order valence-electron chi connectivity index (χ2n) is 4.29. The summed E-state index contributed by atoms with van der Waals surface area (Å²) in [6.45, 7) is 2.64. The maximum absolute atomic E-state index is 11.4. The lowest BCUT2D eigenvalue weighted by molar-refractivity contribution is -0.290. The molecule has 0 unspecified atom stereocenters. The first kappa shape index (κ1) is 14.3. The number of rotatable bonds is 3. The maximum Gasteiger partial charge on any atom is 0.308 e. The van der Waals surface area contributed by atoms with Crippen LogP contribution < -0.4 is 0 Å². The van der Waals surface area contributed by atoms with E-state index in [9.17, 15) is 20.1 Å². The second-order valence-corrected chi connectivity index (χ2v) is 4.29. The zero-order valence-corrected chi connectivity index (χ0v) is 9.68. The lowest BCUT2D eigenvalue weighted by Gasteiger charge is -2.39. The highest BCUT2D eigenvalue weighted by Gasteiger charge is 2.46. The first-order valence-corrected chi connectivity index (χ1v) is 5.39. The van der Waals surface area contributed by atoms with Crippen molar-refractivity contribution in [3.05, 3.63) is 0 Å². The van der Waals surface area contributed by atoms with Crippen molar-refractivity contribution in [2.24, 2.45) is 5.92 Å². The van der Waals surface area contributed by atoms with Crippen LogP contribution in [0.2, 0.25) is 0 Å². The first-order valence-electron chi connectivity index (χ1n) is 5.39. The monoisotopic (exact) mass is 250 g/mol. The average Bonchev–Trinajstić information content (AvgIpc) is 2.28. The van der Waals surface area contributed by atoms with E-state index in [-0.39, 0.29) is 0 Å². The molecule has 0 aromatic heterocycles. The fourth-order valence-corrected chi connectivity index (χ4v) is 1.48. The molecular formula is C10H18O7. The predicted octanol–water partition coefficient (Wildman–Crippen LogP) is -2.01. The lowest BCUT2D eigenvalue weighted by Crippen LogP contribution is -2.60. The van der Waals surface area contributed by atoms with E-state index in [1.54, 1.807) is 13.8 Å². The number of carbonyl (C=O) groups excluding carboxylic acids is 1. The summed E-state index contributed by atoms with van der Waals surface area (Å²) in [6.07, 6.45) is -6.96. The van der Waals surface area contributed by atoms with Crippen LogP contribution in [0.15, 0.2) is 0 Å². The molecule has 0 saturated carbocycles. The fourth-order valence-electron chi connectivity index (χ4n) is 1.48. The van der Waals surface area contributed by atoms with Crippen LogP contribution in [0, 0.1) is 5.92 Å². The minimum Gasteiger partial charge on any atom is -0.456 e.